The molecular formula is C23H38N2O8. The first-order valence-electron chi connectivity index (χ1n) is 11.5. The first kappa shape index (κ1) is 28.9. The van der Waals surface area contributed by atoms with Gasteiger partial charge in [-0.15, -0.1) is 0 Å². The van der Waals surface area contributed by atoms with Gasteiger partial charge in [0.2, 0.25) is 6.10 Å². The Hall–Kier alpha value is -2.11. The van der Waals surface area contributed by atoms with E-state index in [9.17, 15) is 19.5 Å². The van der Waals surface area contributed by atoms with Crippen molar-refractivity contribution < 1.29 is 38.4 Å². The number of aldehydes is 1. The Balaban J connectivity index is 2.11. The van der Waals surface area contributed by atoms with Crippen LogP contribution in [0.3, 0.4) is 0 Å². The van der Waals surface area contributed by atoms with Crippen molar-refractivity contribution in [2.24, 2.45) is 5.73 Å². The fraction of sp³-hybridized carbons (Fsp3) is 0.696. The lowest BCUT2D eigenvalue weighted by atomic mass is 10.1. The van der Waals surface area contributed by atoms with E-state index in [0.29, 0.717) is 59.0 Å². The van der Waals surface area contributed by atoms with Crippen LogP contribution < -0.4 is 11.1 Å². The maximum Gasteiger partial charge on any atom is 0.306 e. The number of hydrogen-bond donors (Lipinski definition) is 3. The average molecular weight is 471 g/mol. The second kappa shape index (κ2) is 19.4. The zero-order valence-electron chi connectivity index (χ0n) is 19.2. The van der Waals surface area contributed by atoms with Crippen molar-refractivity contribution >= 4 is 18.2 Å². The first-order valence-corrected chi connectivity index (χ1v) is 11.5. The van der Waals surface area contributed by atoms with Crippen LogP contribution in [0.1, 0.15) is 38.5 Å². The maximum absolute atomic E-state index is 12.3. The predicted octanol–water partition coefficient (Wildman–Crippen LogP) is 0.420. The quantitative estimate of drug-likeness (QED) is 0.123. The molecule has 0 aromatic heterocycles. The van der Waals surface area contributed by atoms with Crippen molar-refractivity contribution in [1.29, 1.82) is 0 Å². The summed E-state index contributed by atoms with van der Waals surface area (Å²) in [7, 11) is 0. The summed E-state index contributed by atoms with van der Waals surface area (Å²) in [5.74, 6) is -1.35. The molecule has 0 heterocycles. The SMILES string of the molecule is NCCCOCCOCCOCCCNC(=O)C(OC(=O)CCCC1=CC=CC1)C(O)C=O. The third-order valence-electron chi connectivity index (χ3n) is 4.69. The first-order chi connectivity index (χ1) is 16.1. The van der Waals surface area contributed by atoms with Gasteiger partial charge >= 0.3 is 5.97 Å². The Morgan fingerprint density at radius 2 is 1.73 bits per heavy atom. The zero-order chi connectivity index (χ0) is 24.2. The molecule has 0 radical (unpaired) electrons. The Morgan fingerprint density at radius 3 is 2.33 bits per heavy atom. The molecule has 4 N–H and O–H groups in total. The van der Waals surface area contributed by atoms with Crippen LogP contribution in [0.15, 0.2) is 23.8 Å². The molecule has 33 heavy (non-hydrogen) atoms. The highest BCUT2D eigenvalue weighted by Gasteiger charge is 2.30. The van der Waals surface area contributed by atoms with Gasteiger partial charge in [-0.25, -0.2) is 0 Å². The number of rotatable bonds is 21. The number of aliphatic hydroxyl groups is 1. The third-order valence-corrected chi connectivity index (χ3v) is 4.69. The molecule has 10 nitrogen and oxygen atoms in total. The molecule has 10 heteroatoms. The van der Waals surface area contributed by atoms with E-state index in [0.717, 1.165) is 19.3 Å². The molecule has 1 aliphatic rings. The van der Waals surface area contributed by atoms with Gasteiger partial charge in [0, 0.05) is 26.2 Å². The second-order valence-corrected chi connectivity index (χ2v) is 7.47. The monoisotopic (exact) mass is 470 g/mol. The summed E-state index contributed by atoms with van der Waals surface area (Å²) in [5, 5.41) is 12.3. The second-order valence-electron chi connectivity index (χ2n) is 7.47. The lowest BCUT2D eigenvalue weighted by Gasteiger charge is -2.19. The molecule has 2 unspecified atom stereocenters. The smallest absolute Gasteiger partial charge is 0.306 e. The number of allylic oxidation sites excluding steroid dienone is 4. The van der Waals surface area contributed by atoms with Crippen LogP contribution in [0.5, 0.6) is 0 Å². The minimum Gasteiger partial charge on any atom is -0.449 e. The van der Waals surface area contributed by atoms with E-state index in [4.69, 9.17) is 24.7 Å². The number of carbonyl (C=O) groups is 3. The van der Waals surface area contributed by atoms with Gasteiger partial charge in [-0.2, -0.15) is 0 Å². The zero-order valence-corrected chi connectivity index (χ0v) is 19.2. The molecule has 1 amide bonds. The van der Waals surface area contributed by atoms with Crippen molar-refractivity contribution in [3.05, 3.63) is 23.8 Å². The summed E-state index contributed by atoms with van der Waals surface area (Å²) < 4.78 is 21.1. The predicted molar refractivity (Wildman–Crippen MR) is 121 cm³/mol. The molecule has 0 aromatic carbocycles. The fourth-order valence-electron chi connectivity index (χ4n) is 2.90. The minimum atomic E-state index is -1.72. The molecule has 0 aliphatic heterocycles. The number of esters is 1. The van der Waals surface area contributed by atoms with Crippen LogP contribution in [-0.4, -0.2) is 88.2 Å². The van der Waals surface area contributed by atoms with Crippen molar-refractivity contribution in [2.45, 2.75) is 50.7 Å². The highest BCUT2D eigenvalue weighted by molar-refractivity contribution is 5.87. The minimum absolute atomic E-state index is 0.0996. The van der Waals surface area contributed by atoms with Crippen LogP contribution >= 0.6 is 0 Å². The number of nitrogens with one attached hydrogen (secondary N) is 1. The summed E-state index contributed by atoms with van der Waals surface area (Å²) in [6, 6.07) is 0. The fourth-order valence-corrected chi connectivity index (χ4v) is 2.90. The van der Waals surface area contributed by atoms with E-state index in [-0.39, 0.29) is 19.3 Å². The number of ether oxygens (including phenoxy) is 4. The molecule has 0 fully saturated rings. The topological polar surface area (TPSA) is 146 Å². The third kappa shape index (κ3) is 14.6. The van der Waals surface area contributed by atoms with E-state index in [1.807, 2.05) is 18.2 Å². The Morgan fingerprint density at radius 1 is 1.06 bits per heavy atom. The van der Waals surface area contributed by atoms with Crippen molar-refractivity contribution in [1.82, 2.24) is 5.32 Å². The van der Waals surface area contributed by atoms with Crippen LogP contribution in [0.4, 0.5) is 0 Å². The van der Waals surface area contributed by atoms with Crippen molar-refractivity contribution in [3.8, 4) is 0 Å². The van der Waals surface area contributed by atoms with E-state index >= 15 is 0 Å². The number of hydrogen-bond acceptors (Lipinski definition) is 9. The molecule has 1 rings (SSSR count). The molecular weight excluding hydrogens is 432 g/mol. The van der Waals surface area contributed by atoms with Crippen LogP contribution in [-0.2, 0) is 33.3 Å². The highest BCUT2D eigenvalue weighted by atomic mass is 16.6. The average Bonchev–Trinajstić information content (AvgIpc) is 3.33. The van der Waals surface area contributed by atoms with Crippen molar-refractivity contribution in [3.63, 3.8) is 0 Å². The molecule has 0 saturated heterocycles. The maximum atomic E-state index is 12.3. The normalized spacial score (nSPS) is 14.5. The summed E-state index contributed by atoms with van der Waals surface area (Å²) in [5.41, 5.74) is 6.59. The van der Waals surface area contributed by atoms with Crippen LogP contribution in [0.2, 0.25) is 0 Å². The molecule has 0 spiro atoms. The largest absolute Gasteiger partial charge is 0.449 e. The van der Waals surface area contributed by atoms with Crippen molar-refractivity contribution in [2.75, 3.05) is 52.7 Å². The van der Waals surface area contributed by atoms with Gasteiger partial charge in [-0.1, -0.05) is 23.8 Å². The van der Waals surface area contributed by atoms with Crippen LogP contribution in [0.25, 0.3) is 0 Å². The lowest BCUT2D eigenvalue weighted by molar-refractivity contribution is -0.163. The molecule has 188 valence electrons. The molecule has 0 saturated carbocycles. The van der Waals surface area contributed by atoms with Gasteiger partial charge in [0.05, 0.1) is 26.4 Å². The molecule has 0 bridgehead atoms. The number of aliphatic hydroxyl groups excluding tert-OH is 1. The summed E-state index contributed by atoms with van der Waals surface area (Å²) in [6.07, 6.45) is 6.55. The van der Waals surface area contributed by atoms with Crippen LogP contribution in [0, 0.1) is 0 Å². The van der Waals surface area contributed by atoms with E-state index in [1.54, 1.807) is 0 Å². The van der Waals surface area contributed by atoms with E-state index < -0.39 is 24.1 Å². The van der Waals surface area contributed by atoms with E-state index in [1.165, 1.54) is 5.57 Å². The number of carbonyl (C=O) groups excluding carboxylic acids is 3. The Labute approximate surface area is 195 Å². The summed E-state index contributed by atoms with van der Waals surface area (Å²) >= 11 is 0. The molecule has 1 aliphatic carbocycles. The molecule has 2 atom stereocenters. The van der Waals surface area contributed by atoms with Gasteiger partial charge in [0.15, 0.2) is 12.4 Å². The Kier molecular flexibility index (Phi) is 17.0. The number of amides is 1. The summed E-state index contributed by atoms with van der Waals surface area (Å²) in [4.78, 5) is 35.2. The van der Waals surface area contributed by atoms with Gasteiger partial charge in [-0.05, 0) is 38.6 Å². The van der Waals surface area contributed by atoms with Gasteiger partial charge in [0.1, 0.15) is 0 Å². The highest BCUT2D eigenvalue weighted by Crippen LogP contribution is 2.17. The van der Waals surface area contributed by atoms with Gasteiger partial charge < -0.3 is 39.9 Å². The standard InChI is InChI=1S/C23H38N2O8/c24-10-4-12-30-14-16-32-17-15-31-13-5-11-25-23(29)22(20(27)18-26)33-21(28)9-3-8-19-6-1-2-7-19/h1-2,6,18,20,22,27H,3-5,7-17,24H2,(H,25,29). The number of nitrogens with two attached hydrogens (primary N) is 1. The Bertz CT molecular complexity index is 624. The lowest BCUT2D eigenvalue weighted by Crippen LogP contribution is -2.46. The van der Waals surface area contributed by atoms with Gasteiger partial charge in [0.25, 0.3) is 5.91 Å². The molecule has 0 aromatic rings. The summed E-state index contributed by atoms with van der Waals surface area (Å²) in [6.45, 7) is 3.71. The van der Waals surface area contributed by atoms with Gasteiger partial charge in [-0.3, -0.25) is 9.59 Å². The van der Waals surface area contributed by atoms with E-state index in [2.05, 4.69) is 5.32 Å².